The van der Waals surface area contributed by atoms with Gasteiger partial charge in [-0.15, -0.1) is 0 Å². The van der Waals surface area contributed by atoms with Crippen LogP contribution in [0, 0.1) is 0 Å². The fourth-order valence-electron chi connectivity index (χ4n) is 1.89. The van der Waals surface area contributed by atoms with Crippen molar-refractivity contribution < 1.29 is 26.9 Å². The van der Waals surface area contributed by atoms with Crippen molar-refractivity contribution in [1.29, 1.82) is 0 Å². The lowest BCUT2D eigenvalue weighted by Crippen LogP contribution is -2.52. The van der Waals surface area contributed by atoms with Gasteiger partial charge in [0.15, 0.2) is 0 Å². The summed E-state index contributed by atoms with van der Waals surface area (Å²) in [4.78, 5) is 1.80. The lowest BCUT2D eigenvalue weighted by atomic mass is 9.94. The summed E-state index contributed by atoms with van der Waals surface area (Å²) in [5.74, 6) is -2.98. The summed E-state index contributed by atoms with van der Waals surface area (Å²) in [6.07, 6.45) is 1.17. The minimum atomic E-state index is -4.20. The number of aromatic nitrogens is 1. The molecule has 0 aromatic carbocycles. The molecular formula is C12H15F2N3O3S. The van der Waals surface area contributed by atoms with Gasteiger partial charge in [-0.1, -0.05) is 0 Å². The van der Waals surface area contributed by atoms with E-state index in [9.17, 15) is 22.3 Å². The standard InChI is InChI=1S/C12H15F2N3O3S/c1-16(2)9-3-5-17(6-4-9)11(18)15-21(19,20)10-7-12(13,14)8-10/h3-6,10H,7-8H2,1-2H3. The molecule has 0 radical (unpaired) electrons. The molecule has 0 amide bonds. The first-order valence-corrected chi connectivity index (χ1v) is 7.69. The van der Waals surface area contributed by atoms with Gasteiger partial charge in [-0.3, -0.25) is 0 Å². The van der Waals surface area contributed by atoms with Crippen molar-refractivity contribution >= 4 is 21.7 Å². The number of hydrogen-bond acceptors (Lipinski definition) is 4. The molecular weight excluding hydrogens is 304 g/mol. The number of sulfonamides is 1. The second-order valence-corrected chi connectivity index (χ2v) is 7.01. The Kier molecular flexibility index (Phi) is 3.87. The van der Waals surface area contributed by atoms with Crippen molar-refractivity contribution in [2.24, 2.45) is 4.40 Å². The van der Waals surface area contributed by atoms with Gasteiger partial charge in [0.1, 0.15) is 5.25 Å². The molecule has 1 fully saturated rings. The average molecular weight is 319 g/mol. The van der Waals surface area contributed by atoms with E-state index in [0.29, 0.717) is 0 Å². The third-order valence-corrected chi connectivity index (χ3v) is 4.81. The second kappa shape index (κ2) is 5.21. The van der Waals surface area contributed by atoms with Gasteiger partial charge in [0, 0.05) is 49.2 Å². The molecule has 116 valence electrons. The van der Waals surface area contributed by atoms with Crippen LogP contribution in [0.2, 0.25) is 0 Å². The van der Waals surface area contributed by atoms with E-state index in [1.54, 1.807) is 17.0 Å². The maximum atomic E-state index is 12.7. The summed E-state index contributed by atoms with van der Waals surface area (Å²) in [5, 5.41) is 10.5. The quantitative estimate of drug-likeness (QED) is 0.437. The van der Waals surface area contributed by atoms with E-state index >= 15 is 0 Å². The Morgan fingerprint density at radius 2 is 1.90 bits per heavy atom. The molecule has 21 heavy (non-hydrogen) atoms. The largest absolute Gasteiger partial charge is 0.806 e. The molecule has 0 unspecified atom stereocenters. The van der Waals surface area contributed by atoms with Crippen LogP contribution >= 0.6 is 0 Å². The van der Waals surface area contributed by atoms with Gasteiger partial charge < -0.3 is 10.0 Å². The summed E-state index contributed by atoms with van der Waals surface area (Å²) in [5.41, 5.74) is 0.820. The van der Waals surface area contributed by atoms with E-state index in [4.69, 9.17) is 0 Å². The maximum Gasteiger partial charge on any atom is 0.342 e. The van der Waals surface area contributed by atoms with Crippen LogP contribution in [-0.2, 0) is 10.0 Å². The van der Waals surface area contributed by atoms with Crippen LogP contribution < -0.4 is 14.6 Å². The van der Waals surface area contributed by atoms with Crippen molar-refractivity contribution in [3.63, 3.8) is 0 Å². The average Bonchev–Trinajstić information content (AvgIpc) is 2.35. The van der Waals surface area contributed by atoms with Crippen molar-refractivity contribution in [2.75, 3.05) is 19.0 Å². The van der Waals surface area contributed by atoms with Gasteiger partial charge in [0.25, 0.3) is 11.9 Å². The van der Waals surface area contributed by atoms with Crippen LogP contribution in [0.5, 0.6) is 0 Å². The zero-order valence-electron chi connectivity index (χ0n) is 11.5. The smallest absolute Gasteiger partial charge is 0.342 e. The Morgan fingerprint density at radius 3 is 2.33 bits per heavy atom. The number of alkyl halides is 2. The molecule has 1 aromatic heterocycles. The van der Waals surface area contributed by atoms with E-state index in [0.717, 1.165) is 10.3 Å². The third-order valence-electron chi connectivity index (χ3n) is 3.23. The molecule has 0 N–H and O–H groups in total. The molecule has 1 saturated carbocycles. The number of rotatable bonds is 3. The Morgan fingerprint density at radius 1 is 1.38 bits per heavy atom. The molecule has 0 bridgehead atoms. The SMILES string of the molecule is CN(C)c1cc[n+](/C([O-])=N/S(=O)(=O)C2CC(F)(F)C2)cc1. The molecule has 6 nitrogen and oxygen atoms in total. The van der Waals surface area contributed by atoms with Crippen molar-refractivity contribution in [3.05, 3.63) is 24.5 Å². The zero-order chi connectivity index (χ0) is 15.8. The molecule has 0 saturated heterocycles. The van der Waals surface area contributed by atoms with Gasteiger partial charge >= 0.3 is 10.0 Å². The molecule has 1 aromatic rings. The number of hydrogen-bond donors (Lipinski definition) is 0. The normalized spacial score (nSPS) is 19.1. The van der Waals surface area contributed by atoms with E-state index in [2.05, 4.69) is 4.40 Å². The fraction of sp³-hybridized carbons (Fsp3) is 0.500. The van der Waals surface area contributed by atoms with Crippen LogP contribution in [-0.4, -0.2) is 39.7 Å². The highest BCUT2D eigenvalue weighted by atomic mass is 32.2. The summed E-state index contributed by atoms with van der Waals surface area (Å²) >= 11 is 0. The van der Waals surface area contributed by atoms with Crippen LogP contribution in [0.1, 0.15) is 12.8 Å². The number of anilines is 1. The highest BCUT2D eigenvalue weighted by Gasteiger charge is 2.53. The summed E-state index contributed by atoms with van der Waals surface area (Å²) < 4.78 is 52.9. The molecule has 1 heterocycles. The van der Waals surface area contributed by atoms with Crippen molar-refractivity contribution in [2.45, 2.75) is 24.0 Å². The van der Waals surface area contributed by atoms with Crippen LogP contribution in [0.15, 0.2) is 28.9 Å². The summed E-state index contributed by atoms with van der Waals surface area (Å²) in [6, 6.07) is 2.20. The van der Waals surface area contributed by atoms with Crippen LogP contribution in [0.25, 0.3) is 0 Å². The second-order valence-electron chi connectivity index (χ2n) is 5.13. The third kappa shape index (κ3) is 3.46. The Bertz CT molecular complexity index is 649. The van der Waals surface area contributed by atoms with E-state index in [1.807, 2.05) is 14.1 Å². The number of pyridine rings is 1. The zero-order valence-corrected chi connectivity index (χ0v) is 12.3. The summed E-state index contributed by atoms with van der Waals surface area (Å²) in [6.45, 7) is 0. The van der Waals surface area contributed by atoms with Gasteiger partial charge in [-0.25, -0.2) is 13.3 Å². The molecule has 0 atom stereocenters. The molecule has 1 aliphatic rings. The lowest BCUT2D eigenvalue weighted by Gasteiger charge is -2.31. The number of nitrogens with zero attached hydrogens (tertiary/aromatic N) is 3. The van der Waals surface area contributed by atoms with Gasteiger partial charge in [0.05, 0.1) is 12.4 Å². The van der Waals surface area contributed by atoms with Gasteiger partial charge in [-0.2, -0.15) is 8.42 Å². The maximum absolute atomic E-state index is 12.7. The minimum absolute atomic E-state index is 0.781. The van der Waals surface area contributed by atoms with Gasteiger partial charge in [-0.05, 0) is 0 Å². The molecule has 9 heteroatoms. The molecule has 0 aliphatic heterocycles. The van der Waals surface area contributed by atoms with Crippen LogP contribution in [0.3, 0.4) is 0 Å². The predicted octanol–water partition coefficient (Wildman–Crippen LogP) is -0.268. The molecule has 0 spiro atoms. The number of halogens is 2. The molecule has 2 rings (SSSR count). The highest BCUT2D eigenvalue weighted by molar-refractivity contribution is 7.90. The van der Waals surface area contributed by atoms with E-state index in [1.165, 1.54) is 12.4 Å². The predicted molar refractivity (Wildman–Crippen MR) is 70.7 cm³/mol. The Labute approximate surface area is 121 Å². The monoisotopic (exact) mass is 319 g/mol. The Hall–Kier alpha value is -1.77. The summed E-state index contributed by atoms with van der Waals surface area (Å²) in [7, 11) is -0.579. The first-order valence-electron chi connectivity index (χ1n) is 6.18. The Balaban J connectivity index is 2.17. The lowest BCUT2D eigenvalue weighted by molar-refractivity contribution is -0.613. The first kappa shape index (κ1) is 15.6. The van der Waals surface area contributed by atoms with Crippen molar-refractivity contribution in [1.82, 2.24) is 0 Å². The van der Waals surface area contributed by atoms with Gasteiger partial charge in [0.2, 0.25) is 0 Å². The fourth-order valence-corrected chi connectivity index (χ4v) is 3.26. The first-order chi connectivity index (χ1) is 9.61. The van der Waals surface area contributed by atoms with Crippen molar-refractivity contribution in [3.8, 4) is 0 Å². The van der Waals surface area contributed by atoms with E-state index in [-0.39, 0.29) is 0 Å². The van der Waals surface area contributed by atoms with E-state index < -0.39 is 40.1 Å². The topological polar surface area (TPSA) is 76.7 Å². The van der Waals surface area contributed by atoms with Crippen LogP contribution in [0.4, 0.5) is 14.5 Å². The molecule has 1 aliphatic carbocycles. The minimum Gasteiger partial charge on any atom is -0.806 e. The highest BCUT2D eigenvalue weighted by Crippen LogP contribution is 2.41.